The highest BCUT2D eigenvalue weighted by molar-refractivity contribution is 5.93. The Morgan fingerprint density at radius 3 is 2.50 bits per heavy atom. The van der Waals surface area contributed by atoms with E-state index in [0.29, 0.717) is 12.0 Å². The highest BCUT2D eigenvalue weighted by atomic mass is 16.6. The maximum atomic E-state index is 14.1. The number of furan rings is 1. The first-order chi connectivity index (χ1) is 17.8. The predicted octanol–water partition coefficient (Wildman–Crippen LogP) is 3.55. The van der Waals surface area contributed by atoms with Gasteiger partial charge in [0.15, 0.2) is 0 Å². The second kappa shape index (κ2) is 8.79. The van der Waals surface area contributed by atoms with Gasteiger partial charge in [0, 0.05) is 41.6 Å². The third-order valence-electron chi connectivity index (χ3n) is 10.1. The summed E-state index contributed by atoms with van der Waals surface area (Å²) in [6.45, 7) is 8.90. The molecule has 0 spiro atoms. The van der Waals surface area contributed by atoms with Gasteiger partial charge in [0.25, 0.3) is 0 Å². The lowest BCUT2D eigenvalue weighted by atomic mass is 9.40. The Labute approximate surface area is 221 Å². The third-order valence-corrected chi connectivity index (χ3v) is 10.1. The molecule has 206 valence electrons. The van der Waals surface area contributed by atoms with Crippen LogP contribution in [0.4, 0.5) is 0 Å². The number of hydrogen-bond acceptors (Lipinski definition) is 9. The number of ether oxygens (including phenoxy) is 3. The van der Waals surface area contributed by atoms with Gasteiger partial charge in [-0.2, -0.15) is 0 Å². The van der Waals surface area contributed by atoms with Crippen molar-refractivity contribution >= 4 is 23.7 Å². The van der Waals surface area contributed by atoms with Gasteiger partial charge < -0.3 is 23.7 Å². The van der Waals surface area contributed by atoms with Crippen LogP contribution in [0, 0.1) is 39.9 Å². The lowest BCUT2D eigenvalue weighted by Gasteiger charge is -2.64. The van der Waals surface area contributed by atoms with Crippen LogP contribution in [0.15, 0.2) is 34.7 Å². The molecule has 1 aromatic heterocycles. The van der Waals surface area contributed by atoms with Crippen molar-refractivity contribution in [2.24, 2.45) is 39.9 Å². The van der Waals surface area contributed by atoms with E-state index in [0.717, 1.165) is 5.57 Å². The predicted molar refractivity (Wildman–Crippen MR) is 132 cm³/mol. The van der Waals surface area contributed by atoms with Gasteiger partial charge in [-0.05, 0) is 23.8 Å². The maximum Gasteiger partial charge on any atom is 0.307 e. The van der Waals surface area contributed by atoms with Crippen LogP contribution in [0.1, 0.15) is 65.5 Å². The molecule has 1 aliphatic heterocycles. The number of methoxy groups -OCH3 is 1. The molecule has 9 atom stereocenters. The Bertz CT molecular complexity index is 1200. The van der Waals surface area contributed by atoms with E-state index in [1.54, 1.807) is 12.3 Å². The van der Waals surface area contributed by atoms with Crippen molar-refractivity contribution < 1.29 is 42.9 Å². The summed E-state index contributed by atoms with van der Waals surface area (Å²) in [6, 6.07) is 1.76. The molecule has 2 saturated carbocycles. The topological polar surface area (TPSA) is 129 Å². The fraction of sp³-hybridized carbons (Fsp3) is 0.655. The first-order valence-corrected chi connectivity index (χ1v) is 13.2. The fourth-order valence-electron chi connectivity index (χ4n) is 8.36. The van der Waals surface area contributed by atoms with E-state index < -0.39 is 64.2 Å². The van der Waals surface area contributed by atoms with Gasteiger partial charge in [0.05, 0.1) is 38.1 Å². The van der Waals surface area contributed by atoms with Crippen LogP contribution < -0.4 is 0 Å². The van der Waals surface area contributed by atoms with Crippen molar-refractivity contribution in [2.45, 2.75) is 72.2 Å². The molecule has 2 heterocycles. The Hall–Kier alpha value is -2.94. The van der Waals surface area contributed by atoms with Crippen molar-refractivity contribution in [3.8, 4) is 0 Å². The number of carbonyl (C=O) groups is 4. The van der Waals surface area contributed by atoms with Gasteiger partial charge in [-0.15, -0.1) is 0 Å². The number of fused-ring (bicyclic) bond motifs is 6. The molecule has 5 rings (SSSR count). The van der Waals surface area contributed by atoms with E-state index >= 15 is 0 Å². The van der Waals surface area contributed by atoms with E-state index in [1.807, 2.05) is 33.8 Å². The van der Waals surface area contributed by atoms with E-state index in [9.17, 15) is 24.3 Å². The molecule has 9 heteroatoms. The van der Waals surface area contributed by atoms with E-state index in [4.69, 9.17) is 18.6 Å². The van der Waals surface area contributed by atoms with E-state index in [-0.39, 0.29) is 30.5 Å². The molecule has 3 aliphatic carbocycles. The molecule has 1 saturated heterocycles. The lowest BCUT2D eigenvalue weighted by molar-refractivity contribution is -0.207. The second-order valence-electron chi connectivity index (χ2n) is 12.5. The summed E-state index contributed by atoms with van der Waals surface area (Å²) in [7, 11) is 1.30. The smallest absolute Gasteiger partial charge is 0.307 e. The second-order valence-corrected chi connectivity index (χ2v) is 12.5. The molecule has 2 bridgehead atoms. The van der Waals surface area contributed by atoms with Crippen LogP contribution in [0.25, 0.3) is 0 Å². The first-order valence-electron chi connectivity index (χ1n) is 13.2. The zero-order valence-corrected chi connectivity index (χ0v) is 22.7. The van der Waals surface area contributed by atoms with Crippen molar-refractivity contribution in [1.29, 1.82) is 0 Å². The average Bonchev–Trinajstić information content (AvgIpc) is 3.37. The summed E-state index contributed by atoms with van der Waals surface area (Å²) in [5, 5.41) is 11.5. The summed E-state index contributed by atoms with van der Waals surface area (Å²) in [4.78, 5) is 52.1. The quantitative estimate of drug-likeness (QED) is 0.354. The SMILES string of the molecule is COC(=O)CC1C(C)(C)C(O)C2C=C3C4CC(=O)OC(c5ccoc5)C4(C)CC(OC(C)=O)C3C1(C)C2=O. The van der Waals surface area contributed by atoms with E-state index in [1.165, 1.54) is 20.3 Å². The molecule has 0 aromatic carbocycles. The minimum atomic E-state index is -1.15. The zero-order chi connectivity index (χ0) is 27.8. The Morgan fingerprint density at radius 1 is 1.18 bits per heavy atom. The number of ketones is 1. The Morgan fingerprint density at radius 2 is 1.89 bits per heavy atom. The van der Waals surface area contributed by atoms with Crippen molar-refractivity contribution in [3.05, 3.63) is 35.8 Å². The van der Waals surface area contributed by atoms with Gasteiger partial charge in [0.2, 0.25) is 0 Å². The fourth-order valence-corrected chi connectivity index (χ4v) is 8.36. The molecular weight excluding hydrogens is 492 g/mol. The van der Waals surface area contributed by atoms with Gasteiger partial charge in [-0.3, -0.25) is 19.2 Å². The molecule has 1 N–H and O–H groups in total. The molecule has 0 radical (unpaired) electrons. The number of Topliss-reactive ketones (excluding diaryl/α,β-unsaturated/α-hetero) is 1. The number of rotatable bonds is 4. The number of cyclic esters (lactones) is 1. The number of hydrogen-bond donors (Lipinski definition) is 1. The third kappa shape index (κ3) is 3.61. The average molecular weight is 529 g/mol. The van der Waals surface area contributed by atoms with Gasteiger partial charge >= 0.3 is 17.9 Å². The molecule has 0 amide bonds. The van der Waals surface area contributed by atoms with Crippen molar-refractivity contribution in [1.82, 2.24) is 0 Å². The molecule has 9 nitrogen and oxygen atoms in total. The largest absolute Gasteiger partial charge is 0.472 e. The minimum absolute atomic E-state index is 0.0757. The highest BCUT2D eigenvalue weighted by Gasteiger charge is 2.70. The Balaban J connectivity index is 1.72. The summed E-state index contributed by atoms with van der Waals surface area (Å²) in [6.07, 6.45) is 2.83. The van der Waals surface area contributed by atoms with Crippen LogP contribution >= 0.6 is 0 Å². The minimum Gasteiger partial charge on any atom is -0.472 e. The number of esters is 3. The van der Waals surface area contributed by atoms with Crippen LogP contribution in [0.2, 0.25) is 0 Å². The number of aliphatic hydroxyl groups excluding tert-OH is 1. The number of carbonyl (C=O) groups excluding carboxylic acids is 4. The molecule has 9 unspecified atom stereocenters. The summed E-state index contributed by atoms with van der Waals surface area (Å²) in [5.41, 5.74) is -1.14. The highest BCUT2D eigenvalue weighted by Crippen LogP contribution is 2.68. The normalized spacial score (nSPS) is 41.2. The summed E-state index contributed by atoms with van der Waals surface area (Å²) < 4.78 is 22.1. The maximum absolute atomic E-state index is 14.1. The van der Waals surface area contributed by atoms with Crippen LogP contribution in [0.5, 0.6) is 0 Å². The van der Waals surface area contributed by atoms with Crippen LogP contribution in [0.3, 0.4) is 0 Å². The van der Waals surface area contributed by atoms with E-state index in [2.05, 4.69) is 0 Å². The molecule has 4 aliphatic rings. The van der Waals surface area contributed by atoms with Gasteiger partial charge in [-0.25, -0.2) is 0 Å². The van der Waals surface area contributed by atoms with Crippen molar-refractivity contribution in [3.63, 3.8) is 0 Å². The van der Waals surface area contributed by atoms with Crippen LogP contribution in [-0.2, 0) is 33.4 Å². The molecular formula is C29H36O9. The van der Waals surface area contributed by atoms with Crippen LogP contribution in [-0.4, -0.2) is 48.1 Å². The standard InChI is InChI=1S/C29H36O9/c1-14(30)37-19-12-28(4)18(10-22(32)38-26(28)15-7-8-36-13-15)16-9-17-24(33)27(2,3)20(11-21(31)35-6)29(5,23(16)19)25(17)34/h7-9,13,17-20,23-24,26,33H,10-12H2,1-6H3. The first kappa shape index (κ1) is 26.7. The monoisotopic (exact) mass is 528 g/mol. The summed E-state index contributed by atoms with van der Waals surface area (Å²) >= 11 is 0. The molecule has 1 aromatic rings. The van der Waals surface area contributed by atoms with Gasteiger partial charge in [-0.1, -0.05) is 39.3 Å². The molecule has 3 fully saturated rings. The summed E-state index contributed by atoms with van der Waals surface area (Å²) in [5.74, 6) is -3.85. The Kier molecular flexibility index (Phi) is 6.17. The van der Waals surface area contributed by atoms with Gasteiger partial charge in [0.1, 0.15) is 18.0 Å². The zero-order valence-electron chi connectivity index (χ0n) is 22.7. The number of aliphatic hydroxyl groups is 1. The molecule has 38 heavy (non-hydrogen) atoms. The van der Waals surface area contributed by atoms with Crippen molar-refractivity contribution in [2.75, 3.05) is 7.11 Å². The lowest BCUT2D eigenvalue weighted by Crippen LogP contribution is -2.68.